The normalized spacial score (nSPS) is 19.1. The van der Waals surface area contributed by atoms with Crippen LogP contribution in [0.2, 0.25) is 0 Å². The number of hydrogen-bond acceptors (Lipinski definition) is 3. The molecule has 2 N–H and O–H groups in total. The second-order valence-electron chi connectivity index (χ2n) is 5.41. The van der Waals surface area contributed by atoms with Gasteiger partial charge < -0.3 is 15.3 Å². The van der Waals surface area contributed by atoms with Crippen LogP contribution in [-0.2, 0) is 14.4 Å². The van der Waals surface area contributed by atoms with Gasteiger partial charge in [0.2, 0.25) is 11.8 Å². The Morgan fingerprint density at radius 2 is 2.14 bits per heavy atom. The Hall–Kier alpha value is -1.89. The molecule has 1 aromatic carbocycles. The Kier molecular flexibility index (Phi) is 4.85. The molecule has 2 rings (SSSR count). The van der Waals surface area contributed by atoms with Gasteiger partial charge in [0, 0.05) is 23.1 Å². The molecule has 22 heavy (non-hydrogen) atoms. The van der Waals surface area contributed by atoms with E-state index >= 15 is 0 Å². The lowest BCUT2D eigenvalue weighted by Crippen LogP contribution is -2.42. The van der Waals surface area contributed by atoms with Crippen molar-refractivity contribution < 1.29 is 19.5 Å². The molecule has 7 heteroatoms. The molecule has 1 aromatic rings. The van der Waals surface area contributed by atoms with E-state index in [0.29, 0.717) is 0 Å². The molecule has 6 nitrogen and oxygen atoms in total. The van der Waals surface area contributed by atoms with Crippen LogP contribution in [-0.4, -0.2) is 35.5 Å². The van der Waals surface area contributed by atoms with Crippen LogP contribution in [0.3, 0.4) is 0 Å². The van der Waals surface area contributed by atoms with Crippen LogP contribution in [0.4, 0.5) is 5.69 Å². The molecule has 0 aliphatic carbocycles. The number of carboxylic acid groups (broad SMARTS) is 1. The van der Waals surface area contributed by atoms with Crippen molar-refractivity contribution in [2.75, 3.05) is 11.4 Å². The summed E-state index contributed by atoms with van der Waals surface area (Å²) in [6.45, 7) is 3.58. The largest absolute Gasteiger partial charge is 0.480 e. The van der Waals surface area contributed by atoms with Crippen molar-refractivity contribution in [1.29, 1.82) is 0 Å². The molecule has 2 amide bonds. The first-order valence-corrected chi connectivity index (χ1v) is 7.68. The highest BCUT2D eigenvalue weighted by molar-refractivity contribution is 9.10. The molecule has 1 aliphatic rings. The van der Waals surface area contributed by atoms with Crippen molar-refractivity contribution in [2.45, 2.75) is 26.3 Å². The molecule has 1 unspecified atom stereocenters. The topological polar surface area (TPSA) is 86.7 Å². The van der Waals surface area contributed by atoms with Crippen LogP contribution in [0.5, 0.6) is 0 Å². The number of halogens is 1. The quantitative estimate of drug-likeness (QED) is 0.846. The number of carboxylic acids is 1. The molecule has 2 atom stereocenters. The number of carbonyl (C=O) groups excluding carboxylic acids is 2. The van der Waals surface area contributed by atoms with Gasteiger partial charge in [-0.2, -0.15) is 0 Å². The van der Waals surface area contributed by atoms with Gasteiger partial charge in [0.25, 0.3) is 0 Å². The zero-order valence-electron chi connectivity index (χ0n) is 12.3. The fraction of sp³-hybridized carbons (Fsp3) is 0.400. The Morgan fingerprint density at radius 3 is 2.73 bits per heavy atom. The summed E-state index contributed by atoms with van der Waals surface area (Å²) in [6, 6.07) is 4.58. The average molecular weight is 369 g/mol. The predicted molar refractivity (Wildman–Crippen MR) is 84.6 cm³/mol. The van der Waals surface area contributed by atoms with Crippen LogP contribution in [0, 0.1) is 12.8 Å². The second-order valence-corrected chi connectivity index (χ2v) is 6.26. The molecule has 1 fully saturated rings. The zero-order valence-corrected chi connectivity index (χ0v) is 13.9. The van der Waals surface area contributed by atoms with Gasteiger partial charge >= 0.3 is 5.97 Å². The van der Waals surface area contributed by atoms with Crippen molar-refractivity contribution in [2.24, 2.45) is 5.92 Å². The average Bonchev–Trinajstić information content (AvgIpc) is 2.84. The van der Waals surface area contributed by atoms with Crippen molar-refractivity contribution in [3.8, 4) is 0 Å². The summed E-state index contributed by atoms with van der Waals surface area (Å²) in [7, 11) is 0. The number of nitrogens with zero attached hydrogens (tertiary/aromatic N) is 1. The number of amides is 2. The van der Waals surface area contributed by atoms with E-state index in [2.05, 4.69) is 21.2 Å². The standard InChI is InChI=1S/C15H17BrN2O4/c1-8-5-11(3-4-12(8)16)18-7-10(6-13(18)19)14(20)17-9(2)15(21)22/h3-5,9-10H,6-7H2,1-2H3,(H,17,20)(H,21,22)/t9-,10?/m0/s1. The summed E-state index contributed by atoms with van der Waals surface area (Å²) in [4.78, 5) is 36.5. The van der Waals surface area contributed by atoms with E-state index in [1.54, 1.807) is 4.90 Å². The number of hydrogen-bond donors (Lipinski definition) is 2. The monoisotopic (exact) mass is 368 g/mol. The molecule has 1 aliphatic heterocycles. The molecule has 0 spiro atoms. The maximum atomic E-state index is 12.1. The minimum absolute atomic E-state index is 0.0906. The highest BCUT2D eigenvalue weighted by atomic mass is 79.9. The summed E-state index contributed by atoms with van der Waals surface area (Å²) >= 11 is 3.41. The van der Waals surface area contributed by atoms with Crippen LogP contribution in [0.25, 0.3) is 0 Å². The summed E-state index contributed by atoms with van der Waals surface area (Å²) in [6.07, 6.45) is 0.0906. The Morgan fingerprint density at radius 1 is 1.45 bits per heavy atom. The van der Waals surface area contributed by atoms with Gasteiger partial charge in [-0.15, -0.1) is 0 Å². The molecule has 0 saturated carbocycles. The molecule has 0 bridgehead atoms. The number of carbonyl (C=O) groups is 3. The third-order valence-corrected chi connectivity index (χ3v) is 4.57. The SMILES string of the molecule is Cc1cc(N2CC(C(=O)N[C@@H](C)C(=O)O)CC2=O)ccc1Br. The minimum atomic E-state index is -1.10. The molecular formula is C15H17BrN2O4. The summed E-state index contributed by atoms with van der Waals surface area (Å²) in [5, 5.41) is 11.2. The van der Waals surface area contributed by atoms with E-state index in [-0.39, 0.29) is 18.9 Å². The molecular weight excluding hydrogens is 352 g/mol. The Balaban J connectivity index is 2.08. The fourth-order valence-electron chi connectivity index (χ4n) is 2.32. The minimum Gasteiger partial charge on any atom is -0.480 e. The first-order chi connectivity index (χ1) is 10.3. The maximum Gasteiger partial charge on any atom is 0.325 e. The summed E-state index contributed by atoms with van der Waals surface area (Å²) < 4.78 is 0.951. The number of rotatable bonds is 4. The molecule has 0 radical (unpaired) electrons. The Labute approximate surface area is 136 Å². The van der Waals surface area contributed by atoms with Gasteiger partial charge in [-0.05, 0) is 37.6 Å². The highest BCUT2D eigenvalue weighted by Gasteiger charge is 2.36. The van der Waals surface area contributed by atoms with Gasteiger partial charge in [-0.1, -0.05) is 15.9 Å². The molecule has 1 heterocycles. The number of benzene rings is 1. The van der Waals surface area contributed by atoms with E-state index in [4.69, 9.17) is 5.11 Å². The summed E-state index contributed by atoms with van der Waals surface area (Å²) in [5.41, 5.74) is 1.74. The lowest BCUT2D eigenvalue weighted by Gasteiger charge is -2.18. The van der Waals surface area contributed by atoms with E-state index in [1.807, 2.05) is 25.1 Å². The van der Waals surface area contributed by atoms with E-state index < -0.39 is 23.8 Å². The fourth-order valence-corrected chi connectivity index (χ4v) is 2.57. The number of nitrogens with one attached hydrogen (secondary N) is 1. The van der Waals surface area contributed by atoms with Crippen LogP contribution in [0.1, 0.15) is 18.9 Å². The lowest BCUT2D eigenvalue weighted by molar-refractivity contribution is -0.141. The summed E-state index contributed by atoms with van der Waals surface area (Å²) in [5.74, 6) is -2.17. The zero-order chi connectivity index (χ0) is 16.4. The van der Waals surface area contributed by atoms with Crippen molar-refractivity contribution in [3.05, 3.63) is 28.2 Å². The van der Waals surface area contributed by atoms with Gasteiger partial charge in [-0.25, -0.2) is 0 Å². The third-order valence-electron chi connectivity index (χ3n) is 3.68. The van der Waals surface area contributed by atoms with Crippen LogP contribution < -0.4 is 10.2 Å². The van der Waals surface area contributed by atoms with E-state index in [9.17, 15) is 14.4 Å². The second kappa shape index (κ2) is 6.48. The highest BCUT2D eigenvalue weighted by Crippen LogP contribution is 2.28. The molecule has 0 aromatic heterocycles. The van der Waals surface area contributed by atoms with Gasteiger partial charge in [-0.3, -0.25) is 14.4 Å². The number of aryl methyl sites for hydroxylation is 1. The predicted octanol–water partition coefficient (Wildman–Crippen LogP) is 1.70. The first kappa shape index (κ1) is 16.5. The first-order valence-electron chi connectivity index (χ1n) is 6.89. The third kappa shape index (κ3) is 3.47. The maximum absolute atomic E-state index is 12.1. The smallest absolute Gasteiger partial charge is 0.325 e. The van der Waals surface area contributed by atoms with Crippen LogP contribution >= 0.6 is 15.9 Å². The van der Waals surface area contributed by atoms with Crippen molar-refractivity contribution >= 4 is 39.4 Å². The number of aliphatic carboxylic acids is 1. The molecule has 118 valence electrons. The van der Waals surface area contributed by atoms with Gasteiger partial charge in [0.1, 0.15) is 6.04 Å². The van der Waals surface area contributed by atoms with Crippen molar-refractivity contribution in [3.63, 3.8) is 0 Å². The van der Waals surface area contributed by atoms with E-state index in [1.165, 1.54) is 6.92 Å². The van der Waals surface area contributed by atoms with Gasteiger partial charge in [0.15, 0.2) is 0 Å². The van der Waals surface area contributed by atoms with Crippen LogP contribution in [0.15, 0.2) is 22.7 Å². The van der Waals surface area contributed by atoms with Gasteiger partial charge in [0.05, 0.1) is 5.92 Å². The molecule has 1 saturated heterocycles. The number of anilines is 1. The lowest BCUT2D eigenvalue weighted by atomic mass is 10.1. The van der Waals surface area contributed by atoms with Crippen molar-refractivity contribution in [1.82, 2.24) is 5.32 Å². The van der Waals surface area contributed by atoms with E-state index in [0.717, 1.165) is 15.7 Å². The Bertz CT molecular complexity index is 632.